The number of fused-ring (bicyclic) bond motifs is 3. The van der Waals surface area contributed by atoms with Gasteiger partial charge in [0.15, 0.2) is 5.78 Å². The van der Waals surface area contributed by atoms with Crippen LogP contribution in [-0.4, -0.2) is 36.6 Å². The molecule has 134 valence electrons. The van der Waals surface area contributed by atoms with E-state index < -0.39 is 10.0 Å². The van der Waals surface area contributed by atoms with Crippen LogP contribution in [0.25, 0.3) is 10.9 Å². The predicted molar refractivity (Wildman–Crippen MR) is 97.5 cm³/mol. The van der Waals surface area contributed by atoms with Crippen LogP contribution in [0, 0.1) is 6.92 Å². The minimum absolute atomic E-state index is 0.162. The number of H-pyrrole nitrogens is 1. The molecular weight excluding hydrogens is 336 g/mol. The second-order valence-corrected chi connectivity index (χ2v) is 9.14. The molecule has 4 rings (SSSR count). The number of aromatic amines is 1. The van der Waals surface area contributed by atoms with E-state index in [-0.39, 0.29) is 5.78 Å². The molecule has 1 aliphatic carbocycles. The number of Topliss-reactive ketones (excluding diaryl/α,β-unsaturated/α-hetero) is 1. The summed E-state index contributed by atoms with van der Waals surface area (Å²) in [6.45, 7) is 3.02. The molecule has 0 unspecified atom stereocenters. The molecule has 0 spiro atoms. The van der Waals surface area contributed by atoms with Crippen LogP contribution in [0.4, 0.5) is 0 Å². The van der Waals surface area contributed by atoms with Gasteiger partial charge in [-0.1, -0.05) is 12.8 Å². The monoisotopic (exact) mass is 360 g/mol. The highest BCUT2D eigenvalue weighted by atomic mass is 32.2. The van der Waals surface area contributed by atoms with Gasteiger partial charge < -0.3 is 4.98 Å². The molecule has 25 heavy (non-hydrogen) atoms. The van der Waals surface area contributed by atoms with E-state index in [1.165, 1.54) is 0 Å². The van der Waals surface area contributed by atoms with Crippen LogP contribution in [0.2, 0.25) is 0 Å². The van der Waals surface area contributed by atoms with E-state index in [1.54, 1.807) is 10.4 Å². The van der Waals surface area contributed by atoms with Crippen molar-refractivity contribution in [3.63, 3.8) is 0 Å². The van der Waals surface area contributed by atoms with Crippen LogP contribution >= 0.6 is 0 Å². The number of nitrogens with zero attached hydrogens (tertiary/aromatic N) is 1. The van der Waals surface area contributed by atoms with Gasteiger partial charge in [-0.05, 0) is 50.3 Å². The first-order chi connectivity index (χ1) is 12.0. The molecule has 0 bridgehead atoms. The van der Waals surface area contributed by atoms with Crippen LogP contribution < -0.4 is 0 Å². The molecule has 1 N–H and O–H groups in total. The SMILES string of the molecule is Cc1cc2c3c([nH]c2cc1S(=O)(=O)N1CCCCCC1)CCCC3=O. The molecule has 1 saturated heterocycles. The third-order valence-corrected chi connectivity index (χ3v) is 7.50. The lowest BCUT2D eigenvalue weighted by Gasteiger charge is -2.21. The summed E-state index contributed by atoms with van der Waals surface area (Å²) in [5, 5.41) is 0.868. The van der Waals surface area contributed by atoms with Gasteiger partial charge in [-0.2, -0.15) is 4.31 Å². The summed E-state index contributed by atoms with van der Waals surface area (Å²) >= 11 is 0. The van der Waals surface area contributed by atoms with Crippen molar-refractivity contribution >= 4 is 26.7 Å². The number of hydrogen-bond donors (Lipinski definition) is 1. The number of rotatable bonds is 2. The van der Waals surface area contributed by atoms with E-state index in [0.717, 1.165) is 66.2 Å². The molecule has 2 heterocycles. The lowest BCUT2D eigenvalue weighted by molar-refractivity contribution is 0.0974. The number of carbonyl (C=O) groups excluding carboxylic acids is 1. The largest absolute Gasteiger partial charge is 0.358 e. The fourth-order valence-electron chi connectivity index (χ4n) is 4.14. The molecule has 1 aliphatic heterocycles. The van der Waals surface area contributed by atoms with Crippen LogP contribution in [0.5, 0.6) is 0 Å². The third kappa shape index (κ3) is 2.81. The first kappa shape index (κ1) is 16.8. The summed E-state index contributed by atoms with van der Waals surface area (Å²) in [5.74, 6) is 0.162. The van der Waals surface area contributed by atoms with Gasteiger partial charge in [0, 0.05) is 41.7 Å². The van der Waals surface area contributed by atoms with Crippen LogP contribution in [0.3, 0.4) is 0 Å². The van der Waals surface area contributed by atoms with Crippen LogP contribution in [-0.2, 0) is 16.4 Å². The Morgan fingerprint density at radius 3 is 2.44 bits per heavy atom. The minimum atomic E-state index is -3.49. The van der Waals surface area contributed by atoms with E-state index in [1.807, 2.05) is 13.0 Å². The Labute approximate surface area is 148 Å². The fraction of sp³-hybridized carbons (Fsp3) is 0.526. The summed E-state index contributed by atoms with van der Waals surface area (Å²) in [7, 11) is -3.49. The molecule has 0 radical (unpaired) electrons. The van der Waals surface area contributed by atoms with E-state index in [9.17, 15) is 13.2 Å². The van der Waals surface area contributed by atoms with Crippen molar-refractivity contribution < 1.29 is 13.2 Å². The minimum Gasteiger partial charge on any atom is -0.358 e. The number of benzene rings is 1. The van der Waals surface area contributed by atoms with Crippen LogP contribution in [0.15, 0.2) is 17.0 Å². The Kier molecular flexibility index (Phi) is 4.20. The Hall–Kier alpha value is -1.66. The zero-order valence-corrected chi connectivity index (χ0v) is 15.4. The van der Waals surface area contributed by atoms with Gasteiger partial charge in [-0.3, -0.25) is 4.79 Å². The topological polar surface area (TPSA) is 70.2 Å². The molecule has 2 aromatic rings. The standard InChI is InChI=1S/C19H24N2O3S/c1-13-11-14-16(20-15-7-6-8-17(22)19(14)15)12-18(13)25(23,24)21-9-4-2-3-5-10-21/h11-12,20H,2-10H2,1H3. The fourth-order valence-corrected chi connectivity index (χ4v) is 5.89. The number of hydrogen-bond acceptors (Lipinski definition) is 3. The maximum atomic E-state index is 13.2. The Bertz CT molecular complexity index is 935. The van der Waals surface area contributed by atoms with E-state index >= 15 is 0 Å². The highest BCUT2D eigenvalue weighted by molar-refractivity contribution is 7.89. The summed E-state index contributed by atoms with van der Waals surface area (Å²) < 4.78 is 27.9. The lowest BCUT2D eigenvalue weighted by Crippen LogP contribution is -2.32. The smallest absolute Gasteiger partial charge is 0.243 e. The number of carbonyl (C=O) groups is 1. The van der Waals surface area contributed by atoms with Gasteiger partial charge in [-0.25, -0.2) is 8.42 Å². The molecule has 0 atom stereocenters. The summed E-state index contributed by atoms with van der Waals surface area (Å²) in [6.07, 6.45) is 6.31. The number of sulfonamides is 1. The van der Waals surface area contributed by atoms with E-state index in [4.69, 9.17) is 0 Å². The zero-order chi connectivity index (χ0) is 17.6. The van der Waals surface area contributed by atoms with Gasteiger partial charge in [0.2, 0.25) is 10.0 Å². The van der Waals surface area contributed by atoms with E-state index in [0.29, 0.717) is 24.4 Å². The van der Waals surface area contributed by atoms with Crippen molar-refractivity contribution in [2.75, 3.05) is 13.1 Å². The van der Waals surface area contributed by atoms with Gasteiger partial charge in [0.25, 0.3) is 0 Å². The molecule has 1 aromatic heterocycles. The summed E-state index contributed by atoms with van der Waals surface area (Å²) in [6, 6.07) is 3.61. The number of aromatic nitrogens is 1. The third-order valence-electron chi connectivity index (χ3n) is 5.46. The first-order valence-corrected chi connectivity index (χ1v) is 10.6. The predicted octanol–water partition coefficient (Wildman–Crippen LogP) is 3.56. The molecule has 5 nitrogen and oxygen atoms in total. The van der Waals surface area contributed by atoms with Crippen LogP contribution in [0.1, 0.15) is 60.1 Å². The second-order valence-electron chi connectivity index (χ2n) is 7.24. The van der Waals surface area contributed by atoms with Crippen molar-refractivity contribution in [3.05, 3.63) is 29.0 Å². The number of ketones is 1. The van der Waals surface area contributed by atoms with Gasteiger partial charge >= 0.3 is 0 Å². The van der Waals surface area contributed by atoms with Gasteiger partial charge in [0.05, 0.1) is 4.90 Å². The molecule has 1 fully saturated rings. The molecule has 6 heteroatoms. The highest BCUT2D eigenvalue weighted by Crippen LogP contribution is 2.33. The maximum Gasteiger partial charge on any atom is 0.243 e. The average molecular weight is 360 g/mol. The zero-order valence-electron chi connectivity index (χ0n) is 14.6. The quantitative estimate of drug-likeness (QED) is 0.890. The van der Waals surface area contributed by atoms with Crippen molar-refractivity contribution in [2.45, 2.75) is 56.8 Å². The Morgan fingerprint density at radius 1 is 1.00 bits per heavy atom. The van der Waals surface area contributed by atoms with Crippen molar-refractivity contribution in [2.24, 2.45) is 0 Å². The first-order valence-electron chi connectivity index (χ1n) is 9.17. The summed E-state index contributed by atoms with van der Waals surface area (Å²) in [4.78, 5) is 16.0. The lowest BCUT2D eigenvalue weighted by atomic mass is 9.94. The maximum absolute atomic E-state index is 13.2. The molecule has 0 saturated carbocycles. The van der Waals surface area contributed by atoms with Gasteiger partial charge in [-0.15, -0.1) is 0 Å². The van der Waals surface area contributed by atoms with Crippen molar-refractivity contribution in [1.82, 2.24) is 9.29 Å². The number of nitrogens with one attached hydrogen (secondary N) is 1. The van der Waals surface area contributed by atoms with Crippen molar-refractivity contribution in [1.29, 1.82) is 0 Å². The number of aryl methyl sites for hydroxylation is 2. The molecular formula is C19H24N2O3S. The van der Waals surface area contributed by atoms with Gasteiger partial charge in [0.1, 0.15) is 0 Å². The molecule has 1 aromatic carbocycles. The molecule has 2 aliphatic rings. The van der Waals surface area contributed by atoms with E-state index in [2.05, 4.69) is 4.98 Å². The normalized spacial score (nSPS) is 19.8. The Balaban J connectivity index is 1.82. The molecule has 0 amide bonds. The Morgan fingerprint density at radius 2 is 1.72 bits per heavy atom. The van der Waals surface area contributed by atoms with Crippen molar-refractivity contribution in [3.8, 4) is 0 Å². The summed E-state index contributed by atoms with van der Waals surface area (Å²) in [5.41, 5.74) is 3.20. The average Bonchev–Trinajstić information content (AvgIpc) is 2.75. The second kappa shape index (κ2) is 6.25. The highest BCUT2D eigenvalue weighted by Gasteiger charge is 2.29.